The Bertz CT molecular complexity index is 1100. The number of hydrogen-bond donors (Lipinski definition) is 0. The molecule has 0 saturated carbocycles. The minimum atomic E-state index is -0.700. The number of para-hydroxylation sites is 1. The van der Waals surface area contributed by atoms with Crippen LogP contribution in [0, 0.1) is 0 Å². The number of benzene rings is 2. The number of aromatic nitrogens is 3. The van der Waals surface area contributed by atoms with Crippen molar-refractivity contribution in [2.24, 2.45) is 0 Å². The van der Waals surface area contributed by atoms with E-state index in [1.54, 1.807) is 4.90 Å². The molecular weight excluding hydrogens is 424 g/mol. The molecule has 0 aliphatic carbocycles. The Labute approximate surface area is 192 Å². The van der Waals surface area contributed by atoms with Gasteiger partial charge in [-0.25, -0.2) is 0 Å². The molecule has 2 aromatic carbocycles. The van der Waals surface area contributed by atoms with Gasteiger partial charge in [-0.1, -0.05) is 43.8 Å². The lowest BCUT2D eigenvalue weighted by Crippen LogP contribution is -2.37. The third-order valence-corrected chi connectivity index (χ3v) is 5.61. The normalized spacial score (nSPS) is 14.9. The Morgan fingerprint density at radius 1 is 1.12 bits per heavy atom. The molecule has 0 spiro atoms. The number of thioether (sulfide) groups is 1. The monoisotopic (exact) mass is 450 g/mol. The number of rotatable bonds is 6. The lowest BCUT2D eigenvalue weighted by Gasteiger charge is -2.30. The zero-order valence-electron chi connectivity index (χ0n) is 18.6. The molecule has 2 heterocycles. The Hall–Kier alpha value is -3.13. The maximum Gasteiger partial charge on any atom is 0.247 e. The van der Waals surface area contributed by atoms with Gasteiger partial charge in [-0.15, -0.1) is 10.2 Å². The van der Waals surface area contributed by atoms with E-state index >= 15 is 0 Å². The Morgan fingerprint density at radius 2 is 1.88 bits per heavy atom. The van der Waals surface area contributed by atoms with Gasteiger partial charge in [0.05, 0.1) is 11.8 Å². The lowest BCUT2D eigenvalue weighted by molar-refractivity contribution is -0.120. The number of carbonyl (C=O) groups excluding carboxylic acids is 1. The molecule has 8 heteroatoms. The van der Waals surface area contributed by atoms with Crippen LogP contribution in [-0.2, 0) is 4.79 Å². The van der Waals surface area contributed by atoms with Gasteiger partial charge in [0.25, 0.3) is 0 Å². The first-order valence-electron chi connectivity index (χ1n) is 10.7. The Balaban J connectivity index is 1.86. The van der Waals surface area contributed by atoms with Gasteiger partial charge in [0.2, 0.25) is 23.2 Å². The molecule has 166 valence electrons. The molecule has 1 aromatic heterocycles. The summed E-state index contributed by atoms with van der Waals surface area (Å²) in [5, 5.41) is 9.21. The number of hydrogen-bond acceptors (Lipinski definition) is 7. The van der Waals surface area contributed by atoms with Gasteiger partial charge in [0, 0.05) is 17.5 Å². The molecule has 0 bridgehead atoms. The minimum absolute atomic E-state index is 0.0612. The molecule has 1 atom stereocenters. The maximum atomic E-state index is 13.2. The summed E-state index contributed by atoms with van der Waals surface area (Å²) in [6, 6.07) is 15.2. The van der Waals surface area contributed by atoms with Crippen molar-refractivity contribution >= 4 is 23.4 Å². The highest BCUT2D eigenvalue weighted by Gasteiger charge is 2.35. The molecular formula is C24H26N4O3S. The summed E-state index contributed by atoms with van der Waals surface area (Å²) >= 11 is 1.49. The van der Waals surface area contributed by atoms with Crippen molar-refractivity contribution in [3.05, 3.63) is 54.1 Å². The van der Waals surface area contributed by atoms with Gasteiger partial charge >= 0.3 is 0 Å². The third-order valence-electron chi connectivity index (χ3n) is 4.89. The summed E-state index contributed by atoms with van der Waals surface area (Å²) in [6.07, 6.45) is -0.298. The molecule has 4 rings (SSSR count). The van der Waals surface area contributed by atoms with E-state index in [-0.39, 0.29) is 12.0 Å². The van der Waals surface area contributed by atoms with Gasteiger partial charge in [-0.3, -0.25) is 9.69 Å². The van der Waals surface area contributed by atoms with E-state index in [1.807, 2.05) is 76.2 Å². The fourth-order valence-corrected chi connectivity index (χ4v) is 4.05. The molecule has 0 radical (unpaired) electrons. The van der Waals surface area contributed by atoms with Crippen molar-refractivity contribution in [2.45, 2.75) is 51.6 Å². The molecule has 3 aromatic rings. The quantitative estimate of drug-likeness (QED) is 0.473. The van der Waals surface area contributed by atoms with E-state index in [9.17, 15) is 4.79 Å². The maximum absolute atomic E-state index is 13.2. The molecule has 1 amide bonds. The molecule has 1 unspecified atom stereocenters. The lowest BCUT2D eigenvalue weighted by atomic mass is 10.1. The minimum Gasteiger partial charge on any atom is -0.491 e. The summed E-state index contributed by atoms with van der Waals surface area (Å²) in [5.41, 5.74) is 2.82. The Kier molecular flexibility index (Phi) is 6.60. The predicted octanol–water partition coefficient (Wildman–Crippen LogP) is 5.27. The highest BCUT2D eigenvalue weighted by Crippen LogP contribution is 2.43. The SMILES string of the molecule is CCSc1nnc2c(n1)OC(c1ccc(OC(C)C)cc1)N(C(=O)CC)c1ccccc1-2. The van der Waals surface area contributed by atoms with Crippen molar-refractivity contribution in [2.75, 3.05) is 10.7 Å². The highest BCUT2D eigenvalue weighted by molar-refractivity contribution is 7.99. The van der Waals surface area contributed by atoms with E-state index in [4.69, 9.17) is 9.47 Å². The number of nitrogens with zero attached hydrogens (tertiary/aromatic N) is 4. The molecule has 32 heavy (non-hydrogen) atoms. The van der Waals surface area contributed by atoms with E-state index in [1.165, 1.54) is 11.8 Å². The van der Waals surface area contributed by atoms with Crippen LogP contribution in [0.5, 0.6) is 11.6 Å². The van der Waals surface area contributed by atoms with E-state index in [2.05, 4.69) is 15.2 Å². The van der Waals surface area contributed by atoms with Crippen molar-refractivity contribution in [1.29, 1.82) is 0 Å². The first-order chi connectivity index (χ1) is 15.5. The molecule has 0 fully saturated rings. The van der Waals surface area contributed by atoms with Gasteiger partial charge in [-0.2, -0.15) is 4.98 Å². The smallest absolute Gasteiger partial charge is 0.247 e. The van der Waals surface area contributed by atoms with E-state index in [0.29, 0.717) is 23.2 Å². The summed E-state index contributed by atoms with van der Waals surface area (Å²) < 4.78 is 12.2. The first kappa shape index (κ1) is 22.1. The van der Waals surface area contributed by atoms with Gasteiger partial charge in [0.15, 0.2) is 5.69 Å². The molecule has 7 nitrogen and oxygen atoms in total. The number of ether oxygens (including phenoxy) is 2. The van der Waals surface area contributed by atoms with Crippen LogP contribution in [0.1, 0.15) is 45.9 Å². The molecule has 1 aliphatic heterocycles. The topological polar surface area (TPSA) is 77.4 Å². The summed E-state index contributed by atoms with van der Waals surface area (Å²) in [5.74, 6) is 1.88. The van der Waals surface area contributed by atoms with Crippen molar-refractivity contribution in [3.63, 3.8) is 0 Å². The van der Waals surface area contributed by atoms with Crippen molar-refractivity contribution in [1.82, 2.24) is 15.2 Å². The standard InChI is InChI=1S/C24H26N4O3S/c1-5-20(29)28-19-10-8-7-9-18(19)21-22(25-24(27-26-21)32-6-2)31-23(28)16-11-13-17(14-12-16)30-15(3)4/h7-15,23H,5-6H2,1-4H3. The zero-order chi connectivity index (χ0) is 22.7. The van der Waals surface area contributed by atoms with Crippen molar-refractivity contribution in [3.8, 4) is 22.9 Å². The fourth-order valence-electron chi connectivity index (χ4n) is 3.54. The van der Waals surface area contributed by atoms with Crippen LogP contribution in [0.4, 0.5) is 5.69 Å². The second kappa shape index (κ2) is 9.56. The Morgan fingerprint density at radius 3 is 2.56 bits per heavy atom. The highest BCUT2D eigenvalue weighted by atomic mass is 32.2. The third kappa shape index (κ3) is 4.41. The molecule has 0 N–H and O–H groups in total. The first-order valence-corrected chi connectivity index (χ1v) is 11.7. The van der Waals surface area contributed by atoms with Crippen LogP contribution in [0.15, 0.2) is 53.7 Å². The van der Waals surface area contributed by atoms with Crippen molar-refractivity contribution < 1.29 is 14.3 Å². The van der Waals surface area contributed by atoms with Crippen LogP contribution in [0.2, 0.25) is 0 Å². The zero-order valence-corrected chi connectivity index (χ0v) is 19.4. The fraction of sp³-hybridized carbons (Fsp3) is 0.333. The largest absolute Gasteiger partial charge is 0.491 e. The average molecular weight is 451 g/mol. The van der Waals surface area contributed by atoms with Crippen LogP contribution in [0.25, 0.3) is 11.3 Å². The van der Waals surface area contributed by atoms with Gasteiger partial charge < -0.3 is 9.47 Å². The summed E-state index contributed by atoms with van der Waals surface area (Å²) in [6.45, 7) is 7.83. The van der Waals surface area contributed by atoms with Crippen LogP contribution >= 0.6 is 11.8 Å². The summed E-state index contributed by atoms with van der Waals surface area (Å²) in [7, 11) is 0. The van der Waals surface area contributed by atoms with Crippen LogP contribution in [0.3, 0.4) is 0 Å². The predicted molar refractivity (Wildman–Crippen MR) is 125 cm³/mol. The molecule has 1 aliphatic rings. The van der Waals surface area contributed by atoms with Crippen LogP contribution in [-0.4, -0.2) is 32.9 Å². The van der Waals surface area contributed by atoms with Crippen LogP contribution < -0.4 is 14.4 Å². The average Bonchev–Trinajstić information content (AvgIpc) is 2.93. The number of fused-ring (bicyclic) bond motifs is 3. The summed E-state index contributed by atoms with van der Waals surface area (Å²) in [4.78, 5) is 19.5. The number of anilines is 1. The second-order valence-corrected chi connectivity index (χ2v) is 8.75. The number of amides is 1. The van der Waals surface area contributed by atoms with E-state index < -0.39 is 6.23 Å². The van der Waals surface area contributed by atoms with Gasteiger partial charge in [-0.05, 0) is 49.9 Å². The second-order valence-electron chi connectivity index (χ2n) is 7.52. The molecule has 0 saturated heterocycles. The van der Waals surface area contributed by atoms with Gasteiger partial charge in [0.1, 0.15) is 5.75 Å². The van der Waals surface area contributed by atoms with E-state index in [0.717, 1.165) is 28.3 Å². The number of carbonyl (C=O) groups is 1.